The second kappa shape index (κ2) is 6.30. The van der Waals surface area contributed by atoms with Gasteiger partial charge < -0.3 is 0 Å². The van der Waals surface area contributed by atoms with Crippen molar-refractivity contribution in [2.45, 2.75) is 13.8 Å². The maximum Gasteiger partial charge on any atom is 0.249 e. The SMILES string of the molecule is C=CCN1C(=O)CN=C(c2ccccc2Cl)c2c1sc(C)c2C. The van der Waals surface area contributed by atoms with Crippen LogP contribution in [0.25, 0.3) is 0 Å². The smallest absolute Gasteiger partial charge is 0.249 e. The molecule has 118 valence electrons. The Labute approximate surface area is 144 Å². The minimum absolute atomic E-state index is 0.0190. The summed E-state index contributed by atoms with van der Waals surface area (Å²) in [5.74, 6) is -0.0190. The van der Waals surface area contributed by atoms with Gasteiger partial charge in [0.1, 0.15) is 11.5 Å². The van der Waals surface area contributed by atoms with Crippen molar-refractivity contribution in [3.63, 3.8) is 0 Å². The van der Waals surface area contributed by atoms with Crippen molar-refractivity contribution < 1.29 is 4.79 Å². The van der Waals surface area contributed by atoms with E-state index in [0.717, 1.165) is 27.4 Å². The highest BCUT2D eigenvalue weighted by molar-refractivity contribution is 7.17. The number of rotatable bonds is 3. The zero-order chi connectivity index (χ0) is 16.6. The highest BCUT2D eigenvalue weighted by atomic mass is 35.5. The van der Waals surface area contributed by atoms with Crippen LogP contribution in [0.4, 0.5) is 5.00 Å². The topological polar surface area (TPSA) is 32.7 Å². The molecule has 0 aliphatic carbocycles. The summed E-state index contributed by atoms with van der Waals surface area (Å²) in [6.45, 7) is 8.50. The van der Waals surface area contributed by atoms with E-state index in [4.69, 9.17) is 11.6 Å². The maximum atomic E-state index is 12.5. The number of benzene rings is 1. The van der Waals surface area contributed by atoms with Gasteiger partial charge in [-0.15, -0.1) is 17.9 Å². The molecule has 23 heavy (non-hydrogen) atoms. The first kappa shape index (κ1) is 16.0. The summed E-state index contributed by atoms with van der Waals surface area (Å²) in [6, 6.07) is 7.63. The van der Waals surface area contributed by atoms with Crippen LogP contribution in [-0.2, 0) is 4.79 Å². The number of nitrogens with zero attached hydrogens (tertiary/aromatic N) is 2. The van der Waals surface area contributed by atoms with Crippen molar-refractivity contribution in [1.82, 2.24) is 0 Å². The van der Waals surface area contributed by atoms with Crippen LogP contribution in [0.1, 0.15) is 21.6 Å². The summed E-state index contributed by atoms with van der Waals surface area (Å²) in [7, 11) is 0. The van der Waals surface area contributed by atoms with Gasteiger partial charge in [0.2, 0.25) is 5.91 Å². The van der Waals surface area contributed by atoms with Crippen LogP contribution in [0.3, 0.4) is 0 Å². The largest absolute Gasteiger partial charge is 0.298 e. The summed E-state index contributed by atoms with van der Waals surface area (Å²) in [5.41, 5.74) is 3.82. The third-order valence-electron chi connectivity index (χ3n) is 3.96. The Hall–Kier alpha value is -1.91. The number of halogens is 1. The van der Waals surface area contributed by atoms with Crippen molar-refractivity contribution in [3.8, 4) is 0 Å². The average Bonchev–Trinajstić information content (AvgIpc) is 2.74. The van der Waals surface area contributed by atoms with E-state index < -0.39 is 0 Å². The summed E-state index contributed by atoms with van der Waals surface area (Å²) >= 11 is 8.00. The fraction of sp³-hybridized carbons (Fsp3) is 0.222. The zero-order valence-corrected chi connectivity index (χ0v) is 14.7. The van der Waals surface area contributed by atoms with Gasteiger partial charge in [0, 0.05) is 27.6 Å². The number of carbonyl (C=O) groups is 1. The van der Waals surface area contributed by atoms with Gasteiger partial charge >= 0.3 is 0 Å². The summed E-state index contributed by atoms with van der Waals surface area (Å²) < 4.78 is 0. The number of aliphatic imine (C=N–C) groups is 1. The fourth-order valence-electron chi connectivity index (χ4n) is 2.69. The molecule has 1 aliphatic heterocycles. The molecule has 0 radical (unpaired) electrons. The van der Waals surface area contributed by atoms with Gasteiger partial charge in [-0.25, -0.2) is 0 Å². The molecule has 0 unspecified atom stereocenters. The number of hydrogen-bond donors (Lipinski definition) is 0. The Bertz CT molecular complexity index is 822. The second-order valence-electron chi connectivity index (χ2n) is 5.40. The molecular weight excluding hydrogens is 328 g/mol. The standard InChI is InChI=1S/C18H17ClN2OS/c1-4-9-21-15(22)10-20-17(13-7-5-6-8-14(13)19)16-11(2)12(3)23-18(16)21/h4-8H,1,9-10H2,2-3H3. The minimum atomic E-state index is -0.0190. The van der Waals surface area contributed by atoms with Crippen LogP contribution in [0.15, 0.2) is 41.9 Å². The predicted molar refractivity (Wildman–Crippen MR) is 98.3 cm³/mol. The van der Waals surface area contributed by atoms with Gasteiger partial charge in [0.25, 0.3) is 0 Å². The van der Waals surface area contributed by atoms with Crippen LogP contribution in [-0.4, -0.2) is 24.7 Å². The van der Waals surface area contributed by atoms with E-state index in [9.17, 15) is 4.79 Å². The van der Waals surface area contributed by atoms with Crippen LogP contribution < -0.4 is 4.90 Å². The van der Waals surface area contributed by atoms with Crippen molar-refractivity contribution in [2.24, 2.45) is 4.99 Å². The number of thiophene rings is 1. The average molecular weight is 345 g/mol. The monoisotopic (exact) mass is 344 g/mol. The summed E-state index contributed by atoms with van der Waals surface area (Å²) in [5, 5.41) is 1.58. The number of anilines is 1. The first-order valence-electron chi connectivity index (χ1n) is 7.35. The first-order valence-corrected chi connectivity index (χ1v) is 8.55. The molecule has 3 nitrogen and oxygen atoms in total. The molecule has 1 aromatic heterocycles. The Morgan fingerprint density at radius 1 is 1.39 bits per heavy atom. The molecule has 0 saturated heterocycles. The summed E-state index contributed by atoms with van der Waals surface area (Å²) in [4.78, 5) is 20.0. The quantitative estimate of drug-likeness (QED) is 0.760. The lowest BCUT2D eigenvalue weighted by atomic mass is 10.00. The Morgan fingerprint density at radius 3 is 2.83 bits per heavy atom. The van der Waals surface area contributed by atoms with Crippen molar-refractivity contribution >= 4 is 39.6 Å². The van der Waals surface area contributed by atoms with Crippen LogP contribution >= 0.6 is 22.9 Å². The van der Waals surface area contributed by atoms with Gasteiger partial charge in [0.15, 0.2) is 0 Å². The second-order valence-corrected chi connectivity index (χ2v) is 7.01. The van der Waals surface area contributed by atoms with E-state index in [-0.39, 0.29) is 12.5 Å². The number of aryl methyl sites for hydroxylation is 1. The number of amides is 1. The highest BCUT2D eigenvalue weighted by Gasteiger charge is 2.29. The van der Waals surface area contributed by atoms with Crippen molar-refractivity contribution in [1.29, 1.82) is 0 Å². The predicted octanol–water partition coefficient (Wildman–Crippen LogP) is 4.39. The molecule has 0 bridgehead atoms. The van der Waals surface area contributed by atoms with Crippen LogP contribution in [0.5, 0.6) is 0 Å². The van der Waals surface area contributed by atoms with E-state index in [2.05, 4.69) is 25.4 Å². The van der Waals surface area contributed by atoms with E-state index in [1.54, 1.807) is 22.3 Å². The van der Waals surface area contributed by atoms with Gasteiger partial charge in [-0.05, 0) is 25.5 Å². The molecule has 3 rings (SSSR count). The molecule has 0 spiro atoms. The van der Waals surface area contributed by atoms with Crippen molar-refractivity contribution in [2.75, 3.05) is 18.0 Å². The molecule has 1 amide bonds. The van der Waals surface area contributed by atoms with Crippen molar-refractivity contribution in [3.05, 3.63) is 63.5 Å². The molecule has 1 aromatic carbocycles. The lowest BCUT2D eigenvalue weighted by molar-refractivity contribution is -0.117. The lowest BCUT2D eigenvalue weighted by Gasteiger charge is -2.18. The summed E-state index contributed by atoms with van der Waals surface area (Å²) in [6.07, 6.45) is 1.74. The third kappa shape index (κ3) is 2.73. The zero-order valence-electron chi connectivity index (χ0n) is 13.1. The van der Waals surface area contributed by atoms with Gasteiger partial charge in [-0.2, -0.15) is 0 Å². The van der Waals surface area contributed by atoms with Gasteiger partial charge in [0.05, 0.1) is 5.71 Å². The lowest BCUT2D eigenvalue weighted by Crippen LogP contribution is -2.31. The molecule has 0 fully saturated rings. The Balaban J connectivity index is 2.26. The van der Waals surface area contributed by atoms with E-state index in [1.807, 2.05) is 24.3 Å². The van der Waals surface area contributed by atoms with Gasteiger partial charge in [-0.3, -0.25) is 14.7 Å². The van der Waals surface area contributed by atoms with Crippen LogP contribution in [0.2, 0.25) is 5.02 Å². The molecule has 0 N–H and O–H groups in total. The molecule has 2 heterocycles. The normalized spacial score (nSPS) is 14.3. The first-order chi connectivity index (χ1) is 11.0. The van der Waals surface area contributed by atoms with E-state index in [0.29, 0.717) is 11.6 Å². The molecule has 2 aromatic rings. The molecule has 0 saturated carbocycles. The third-order valence-corrected chi connectivity index (χ3v) is 5.52. The van der Waals surface area contributed by atoms with Gasteiger partial charge in [-0.1, -0.05) is 35.9 Å². The molecule has 1 aliphatic rings. The number of carbonyl (C=O) groups excluding carboxylic acids is 1. The Morgan fingerprint density at radius 2 is 2.13 bits per heavy atom. The maximum absolute atomic E-state index is 12.5. The van der Waals surface area contributed by atoms with Crippen LogP contribution in [0, 0.1) is 13.8 Å². The van der Waals surface area contributed by atoms with E-state index >= 15 is 0 Å². The number of fused-ring (bicyclic) bond motifs is 1. The number of hydrogen-bond acceptors (Lipinski definition) is 3. The highest BCUT2D eigenvalue weighted by Crippen LogP contribution is 2.39. The molecular formula is C18H17ClN2OS. The molecule has 0 atom stereocenters. The van der Waals surface area contributed by atoms with E-state index in [1.165, 1.54) is 4.88 Å². The Kier molecular flexibility index (Phi) is 4.37. The minimum Gasteiger partial charge on any atom is -0.298 e. The molecule has 5 heteroatoms. The fourth-order valence-corrected chi connectivity index (χ4v) is 4.10.